The Balaban J connectivity index is 2.22. The lowest BCUT2D eigenvalue weighted by atomic mass is 10.1. The monoisotopic (exact) mass is 217 g/mol. The van der Waals surface area contributed by atoms with Crippen molar-refractivity contribution in [2.45, 2.75) is 6.42 Å². The highest BCUT2D eigenvalue weighted by Gasteiger charge is 2.16. The molecule has 1 aromatic heterocycles. The van der Waals surface area contributed by atoms with Gasteiger partial charge in [-0.25, -0.2) is 9.78 Å². The van der Waals surface area contributed by atoms with E-state index in [-0.39, 0.29) is 5.69 Å². The maximum Gasteiger partial charge on any atom is 0.360 e. The van der Waals surface area contributed by atoms with Crippen LogP contribution in [0.4, 0.5) is 0 Å². The molecule has 2 aromatic rings. The molecule has 1 heterocycles. The van der Waals surface area contributed by atoms with Crippen LogP contribution < -0.4 is 0 Å². The van der Waals surface area contributed by atoms with Crippen LogP contribution in [0.5, 0.6) is 0 Å². The van der Waals surface area contributed by atoms with Crippen molar-refractivity contribution in [1.29, 1.82) is 0 Å². The van der Waals surface area contributed by atoms with E-state index in [0.29, 0.717) is 12.2 Å². The lowest BCUT2D eigenvalue weighted by Gasteiger charge is -1.99. The van der Waals surface area contributed by atoms with E-state index in [1.807, 2.05) is 30.3 Å². The minimum atomic E-state index is -0.473. The number of carbonyl (C=O) groups is 1. The molecule has 0 radical (unpaired) electrons. The summed E-state index contributed by atoms with van der Waals surface area (Å²) < 4.78 is 9.79. The minimum Gasteiger partial charge on any atom is -0.464 e. The van der Waals surface area contributed by atoms with Crippen LogP contribution in [0.25, 0.3) is 0 Å². The number of rotatable bonds is 3. The molecule has 0 atom stereocenters. The SMILES string of the molecule is COC(=O)c1ncoc1Cc1ccccc1. The van der Waals surface area contributed by atoms with Crippen molar-refractivity contribution in [1.82, 2.24) is 4.98 Å². The Morgan fingerprint density at radius 1 is 1.38 bits per heavy atom. The largest absolute Gasteiger partial charge is 0.464 e. The number of carbonyl (C=O) groups excluding carboxylic acids is 1. The quantitative estimate of drug-likeness (QED) is 0.738. The molecule has 4 heteroatoms. The normalized spacial score (nSPS) is 10.1. The fraction of sp³-hybridized carbons (Fsp3) is 0.167. The Morgan fingerprint density at radius 3 is 2.81 bits per heavy atom. The van der Waals surface area contributed by atoms with E-state index < -0.39 is 5.97 Å². The maximum atomic E-state index is 11.3. The molecule has 0 N–H and O–H groups in total. The second kappa shape index (κ2) is 4.61. The van der Waals surface area contributed by atoms with Crippen LogP contribution in [0, 0.1) is 0 Å². The Morgan fingerprint density at radius 2 is 2.12 bits per heavy atom. The first-order valence-corrected chi connectivity index (χ1v) is 4.86. The molecule has 0 aliphatic carbocycles. The van der Waals surface area contributed by atoms with E-state index >= 15 is 0 Å². The van der Waals surface area contributed by atoms with Gasteiger partial charge in [0.15, 0.2) is 12.1 Å². The summed E-state index contributed by atoms with van der Waals surface area (Å²) in [6, 6.07) is 9.73. The smallest absolute Gasteiger partial charge is 0.360 e. The van der Waals surface area contributed by atoms with Crippen LogP contribution in [0.3, 0.4) is 0 Å². The zero-order valence-corrected chi connectivity index (χ0v) is 8.84. The zero-order valence-electron chi connectivity index (χ0n) is 8.84. The van der Waals surface area contributed by atoms with Crippen LogP contribution in [0.2, 0.25) is 0 Å². The molecule has 0 unspecified atom stereocenters. The minimum absolute atomic E-state index is 0.242. The zero-order chi connectivity index (χ0) is 11.4. The Labute approximate surface area is 92.9 Å². The Hall–Kier alpha value is -2.10. The van der Waals surface area contributed by atoms with E-state index in [1.165, 1.54) is 13.5 Å². The summed E-state index contributed by atoms with van der Waals surface area (Å²) in [5.41, 5.74) is 1.30. The van der Waals surface area contributed by atoms with Gasteiger partial charge in [0.25, 0.3) is 0 Å². The van der Waals surface area contributed by atoms with Gasteiger partial charge in [0, 0.05) is 6.42 Å². The Bertz CT molecular complexity index is 476. The maximum absolute atomic E-state index is 11.3. The summed E-state index contributed by atoms with van der Waals surface area (Å²) in [4.78, 5) is 15.2. The second-order valence-corrected chi connectivity index (χ2v) is 3.28. The van der Waals surface area contributed by atoms with Gasteiger partial charge in [0.05, 0.1) is 7.11 Å². The van der Waals surface area contributed by atoms with Crippen LogP contribution >= 0.6 is 0 Å². The number of nitrogens with zero attached hydrogens (tertiary/aromatic N) is 1. The van der Waals surface area contributed by atoms with Gasteiger partial charge in [0.1, 0.15) is 5.76 Å². The standard InChI is InChI=1S/C12H11NO3/c1-15-12(14)11-10(16-8-13-11)7-9-5-3-2-4-6-9/h2-6,8H,7H2,1H3. The summed E-state index contributed by atoms with van der Waals surface area (Å²) in [5, 5.41) is 0. The first-order valence-electron chi connectivity index (χ1n) is 4.86. The van der Waals surface area contributed by atoms with Crippen molar-refractivity contribution in [2.75, 3.05) is 7.11 Å². The highest BCUT2D eigenvalue weighted by atomic mass is 16.5. The summed E-state index contributed by atoms with van der Waals surface area (Å²) in [5.74, 6) is 0.0535. The molecule has 16 heavy (non-hydrogen) atoms. The highest BCUT2D eigenvalue weighted by molar-refractivity contribution is 5.88. The van der Waals surface area contributed by atoms with Crippen LogP contribution in [0.1, 0.15) is 21.8 Å². The van der Waals surface area contributed by atoms with Crippen LogP contribution in [-0.2, 0) is 11.2 Å². The number of aromatic nitrogens is 1. The van der Waals surface area contributed by atoms with E-state index in [0.717, 1.165) is 5.56 Å². The molecule has 4 nitrogen and oxygen atoms in total. The number of esters is 1. The van der Waals surface area contributed by atoms with Crippen molar-refractivity contribution >= 4 is 5.97 Å². The third-order valence-corrected chi connectivity index (χ3v) is 2.23. The fourth-order valence-electron chi connectivity index (χ4n) is 1.44. The first kappa shape index (κ1) is 10.4. The molecule has 0 aliphatic heterocycles. The number of methoxy groups -OCH3 is 1. The molecule has 0 saturated heterocycles. The molecular formula is C12H11NO3. The van der Waals surface area contributed by atoms with E-state index in [9.17, 15) is 4.79 Å². The predicted molar refractivity (Wildman–Crippen MR) is 57.1 cm³/mol. The molecule has 0 bridgehead atoms. The van der Waals surface area contributed by atoms with Gasteiger partial charge >= 0.3 is 5.97 Å². The lowest BCUT2D eigenvalue weighted by Crippen LogP contribution is -2.05. The Kier molecular flexibility index (Phi) is 3.00. The summed E-state index contributed by atoms with van der Waals surface area (Å²) in [6.45, 7) is 0. The molecule has 2 rings (SSSR count). The van der Waals surface area contributed by atoms with Gasteiger partial charge in [-0.15, -0.1) is 0 Å². The van der Waals surface area contributed by atoms with Gasteiger partial charge in [0.2, 0.25) is 0 Å². The predicted octanol–water partition coefficient (Wildman–Crippen LogP) is 2.05. The van der Waals surface area contributed by atoms with Crippen molar-refractivity contribution in [2.24, 2.45) is 0 Å². The van der Waals surface area contributed by atoms with Crippen LogP contribution in [-0.4, -0.2) is 18.1 Å². The molecule has 1 aromatic carbocycles. The van der Waals surface area contributed by atoms with Crippen LogP contribution in [0.15, 0.2) is 41.1 Å². The molecule has 82 valence electrons. The molecule has 0 spiro atoms. The third kappa shape index (κ3) is 2.11. The van der Waals surface area contributed by atoms with Crippen molar-refractivity contribution in [3.8, 4) is 0 Å². The van der Waals surface area contributed by atoms with Gasteiger partial charge in [-0.3, -0.25) is 0 Å². The number of ether oxygens (including phenoxy) is 1. The molecule has 0 fully saturated rings. The topological polar surface area (TPSA) is 52.3 Å². The molecular weight excluding hydrogens is 206 g/mol. The van der Waals surface area contributed by atoms with Gasteiger partial charge < -0.3 is 9.15 Å². The molecule has 0 aliphatic rings. The number of benzene rings is 1. The first-order chi connectivity index (χ1) is 7.81. The average molecular weight is 217 g/mol. The number of oxazole rings is 1. The summed E-state index contributed by atoms with van der Waals surface area (Å²) in [6.07, 6.45) is 1.79. The highest BCUT2D eigenvalue weighted by Crippen LogP contribution is 2.13. The average Bonchev–Trinajstić information content (AvgIpc) is 2.77. The van der Waals surface area contributed by atoms with E-state index in [2.05, 4.69) is 9.72 Å². The second-order valence-electron chi connectivity index (χ2n) is 3.28. The van der Waals surface area contributed by atoms with Gasteiger partial charge in [-0.05, 0) is 5.56 Å². The van der Waals surface area contributed by atoms with E-state index in [1.54, 1.807) is 0 Å². The molecule has 0 saturated carbocycles. The summed E-state index contributed by atoms with van der Waals surface area (Å²) >= 11 is 0. The number of hydrogen-bond donors (Lipinski definition) is 0. The molecule has 0 amide bonds. The number of hydrogen-bond acceptors (Lipinski definition) is 4. The third-order valence-electron chi connectivity index (χ3n) is 2.23. The fourth-order valence-corrected chi connectivity index (χ4v) is 1.44. The van der Waals surface area contributed by atoms with Crippen molar-refractivity contribution in [3.05, 3.63) is 53.7 Å². The lowest BCUT2D eigenvalue weighted by molar-refractivity contribution is 0.0592. The van der Waals surface area contributed by atoms with E-state index in [4.69, 9.17) is 4.42 Å². The van der Waals surface area contributed by atoms with Gasteiger partial charge in [-0.2, -0.15) is 0 Å². The summed E-state index contributed by atoms with van der Waals surface area (Å²) in [7, 11) is 1.32. The van der Waals surface area contributed by atoms with Crippen molar-refractivity contribution < 1.29 is 13.9 Å². The van der Waals surface area contributed by atoms with Crippen molar-refractivity contribution in [3.63, 3.8) is 0 Å². The van der Waals surface area contributed by atoms with Gasteiger partial charge in [-0.1, -0.05) is 30.3 Å².